The molecule has 1 aromatic rings. The summed E-state index contributed by atoms with van der Waals surface area (Å²) in [6, 6.07) is 0. The Hall–Kier alpha value is -1.09. The van der Waals surface area contributed by atoms with Gasteiger partial charge in [0.15, 0.2) is 0 Å². The molecular weight excluding hydrogens is 152 g/mol. The van der Waals surface area contributed by atoms with Crippen LogP contribution in [0.2, 0.25) is 0 Å². The second kappa shape index (κ2) is 3.17. The van der Waals surface area contributed by atoms with Crippen molar-refractivity contribution in [3.63, 3.8) is 0 Å². The van der Waals surface area contributed by atoms with Gasteiger partial charge in [-0.05, 0) is 23.8 Å². The molecule has 4 heteroatoms. The first-order chi connectivity index (χ1) is 4.79. The molecule has 1 N–H and O–H groups in total. The highest BCUT2D eigenvalue weighted by atomic mass is 35.5. The van der Waals surface area contributed by atoms with E-state index in [1.807, 2.05) is 0 Å². The van der Waals surface area contributed by atoms with Crippen LogP contribution in [0.1, 0.15) is 5.69 Å². The molecule has 0 atom stereocenters. The number of nitrogens with one attached hydrogen (secondary N) is 1. The Kier molecular flexibility index (Phi) is 2.23. The number of aromatic amines is 1. The van der Waals surface area contributed by atoms with Crippen molar-refractivity contribution < 1.29 is 4.79 Å². The van der Waals surface area contributed by atoms with Gasteiger partial charge in [0.05, 0.1) is 12.0 Å². The average molecular weight is 157 g/mol. The number of aromatic nitrogens is 2. The topological polar surface area (TPSA) is 45.8 Å². The first-order valence-electron chi connectivity index (χ1n) is 2.65. The standard InChI is InChI=1S/C6H5ClN2O/c7-6(10)2-1-5-3-8-4-9-5/h1-4H,(H,8,9)/b2-1+. The molecule has 0 radical (unpaired) electrons. The van der Waals surface area contributed by atoms with Crippen LogP contribution in [0.15, 0.2) is 18.6 Å². The van der Waals surface area contributed by atoms with Crippen molar-refractivity contribution in [2.75, 3.05) is 0 Å². The molecule has 1 heterocycles. The molecule has 10 heavy (non-hydrogen) atoms. The van der Waals surface area contributed by atoms with Gasteiger partial charge in [-0.3, -0.25) is 4.79 Å². The lowest BCUT2D eigenvalue weighted by Crippen LogP contribution is -1.75. The SMILES string of the molecule is O=C(Cl)/C=C/c1c[nH]cn1. The van der Waals surface area contributed by atoms with Crippen LogP contribution < -0.4 is 0 Å². The third kappa shape index (κ3) is 2.03. The number of hydrogen-bond acceptors (Lipinski definition) is 2. The number of H-pyrrole nitrogens is 1. The normalized spacial score (nSPS) is 10.5. The van der Waals surface area contributed by atoms with E-state index in [-0.39, 0.29) is 0 Å². The van der Waals surface area contributed by atoms with Crippen LogP contribution in [0.4, 0.5) is 0 Å². The van der Waals surface area contributed by atoms with Gasteiger partial charge in [-0.25, -0.2) is 4.98 Å². The van der Waals surface area contributed by atoms with Crippen LogP contribution in [0, 0.1) is 0 Å². The number of hydrogen-bond donors (Lipinski definition) is 1. The Morgan fingerprint density at radius 3 is 3.10 bits per heavy atom. The molecule has 0 aromatic carbocycles. The van der Waals surface area contributed by atoms with Crippen LogP contribution in [-0.2, 0) is 4.79 Å². The van der Waals surface area contributed by atoms with Gasteiger partial charge in [0, 0.05) is 6.20 Å². The maximum atomic E-state index is 10.2. The Morgan fingerprint density at radius 2 is 2.60 bits per heavy atom. The van der Waals surface area contributed by atoms with Crippen molar-refractivity contribution in [1.82, 2.24) is 9.97 Å². The third-order valence-corrected chi connectivity index (χ3v) is 1.03. The molecule has 0 saturated heterocycles. The molecule has 0 fully saturated rings. The lowest BCUT2D eigenvalue weighted by Gasteiger charge is -1.76. The first kappa shape index (κ1) is 7.02. The third-order valence-electron chi connectivity index (χ3n) is 0.905. The Bertz CT molecular complexity index is 240. The van der Waals surface area contributed by atoms with E-state index in [4.69, 9.17) is 11.6 Å². The molecule has 0 aliphatic heterocycles. The molecule has 0 aliphatic rings. The summed E-state index contributed by atoms with van der Waals surface area (Å²) in [6.45, 7) is 0. The van der Waals surface area contributed by atoms with E-state index in [1.165, 1.54) is 18.5 Å². The molecule has 0 spiro atoms. The number of nitrogens with zero attached hydrogens (tertiary/aromatic N) is 1. The van der Waals surface area contributed by atoms with E-state index < -0.39 is 5.24 Å². The number of carbonyl (C=O) groups excluding carboxylic acids is 1. The number of imidazole rings is 1. The minimum absolute atomic E-state index is 0.497. The van der Waals surface area contributed by atoms with Crippen molar-refractivity contribution in [1.29, 1.82) is 0 Å². The molecule has 1 rings (SSSR count). The van der Waals surface area contributed by atoms with E-state index in [1.54, 1.807) is 6.20 Å². The van der Waals surface area contributed by atoms with Gasteiger partial charge in [-0.1, -0.05) is 0 Å². The zero-order valence-corrected chi connectivity index (χ0v) is 5.80. The lowest BCUT2D eigenvalue weighted by atomic mass is 10.4. The molecule has 0 aliphatic carbocycles. The summed E-state index contributed by atoms with van der Waals surface area (Å²) in [4.78, 5) is 16.8. The van der Waals surface area contributed by atoms with E-state index >= 15 is 0 Å². The molecular formula is C6H5ClN2O. The first-order valence-corrected chi connectivity index (χ1v) is 3.03. The fourth-order valence-corrected chi connectivity index (χ4v) is 0.577. The van der Waals surface area contributed by atoms with Gasteiger partial charge in [0.1, 0.15) is 0 Å². The largest absolute Gasteiger partial charge is 0.351 e. The number of allylic oxidation sites excluding steroid dienone is 1. The maximum Gasteiger partial charge on any atom is 0.245 e. The monoisotopic (exact) mass is 156 g/mol. The molecule has 0 bridgehead atoms. The van der Waals surface area contributed by atoms with Crippen LogP contribution in [0.3, 0.4) is 0 Å². The van der Waals surface area contributed by atoms with Crippen LogP contribution in [0.5, 0.6) is 0 Å². The molecule has 0 saturated carbocycles. The van der Waals surface area contributed by atoms with Gasteiger partial charge in [0.2, 0.25) is 5.24 Å². The summed E-state index contributed by atoms with van der Waals surface area (Å²) >= 11 is 5.03. The predicted molar refractivity (Wildman–Crippen MR) is 38.5 cm³/mol. The van der Waals surface area contributed by atoms with Gasteiger partial charge >= 0.3 is 0 Å². The molecule has 0 amide bonds. The quantitative estimate of drug-likeness (QED) is 0.517. The number of carbonyl (C=O) groups is 1. The maximum absolute atomic E-state index is 10.2. The van der Waals surface area contributed by atoms with Crippen molar-refractivity contribution in [2.24, 2.45) is 0 Å². The summed E-state index contributed by atoms with van der Waals surface area (Å²) in [7, 11) is 0. The predicted octanol–water partition coefficient (Wildman–Crippen LogP) is 1.19. The summed E-state index contributed by atoms with van der Waals surface area (Å²) in [5.74, 6) is 0. The number of rotatable bonds is 2. The summed E-state index contributed by atoms with van der Waals surface area (Å²) in [6.07, 6.45) is 5.97. The van der Waals surface area contributed by atoms with Crippen LogP contribution in [-0.4, -0.2) is 15.2 Å². The van der Waals surface area contributed by atoms with Crippen molar-refractivity contribution >= 4 is 22.9 Å². The highest BCUT2D eigenvalue weighted by Gasteiger charge is 1.87. The van der Waals surface area contributed by atoms with Crippen molar-refractivity contribution in [3.05, 3.63) is 24.3 Å². The van der Waals surface area contributed by atoms with E-state index in [0.717, 1.165) is 0 Å². The second-order valence-corrected chi connectivity index (χ2v) is 2.00. The fraction of sp³-hybridized carbons (Fsp3) is 0. The Morgan fingerprint density at radius 1 is 1.80 bits per heavy atom. The van der Waals surface area contributed by atoms with Crippen LogP contribution in [0.25, 0.3) is 6.08 Å². The Balaban J connectivity index is 2.64. The summed E-state index contributed by atoms with van der Waals surface area (Å²) in [5.41, 5.74) is 0.689. The zero-order valence-electron chi connectivity index (χ0n) is 5.04. The van der Waals surface area contributed by atoms with E-state index in [9.17, 15) is 4.79 Å². The summed E-state index contributed by atoms with van der Waals surface area (Å²) in [5, 5.41) is -0.497. The van der Waals surface area contributed by atoms with E-state index in [0.29, 0.717) is 5.69 Å². The van der Waals surface area contributed by atoms with Crippen molar-refractivity contribution in [2.45, 2.75) is 0 Å². The molecule has 1 aromatic heterocycles. The fourth-order valence-electron chi connectivity index (χ4n) is 0.514. The minimum atomic E-state index is -0.497. The highest BCUT2D eigenvalue weighted by molar-refractivity contribution is 6.66. The molecule has 0 unspecified atom stereocenters. The van der Waals surface area contributed by atoms with Gasteiger partial charge in [-0.15, -0.1) is 0 Å². The highest BCUT2D eigenvalue weighted by Crippen LogP contribution is 1.94. The van der Waals surface area contributed by atoms with E-state index in [2.05, 4.69) is 9.97 Å². The second-order valence-electron chi connectivity index (χ2n) is 1.63. The zero-order chi connectivity index (χ0) is 7.40. The number of halogens is 1. The average Bonchev–Trinajstić information content (AvgIpc) is 2.34. The summed E-state index contributed by atoms with van der Waals surface area (Å²) < 4.78 is 0. The molecule has 3 nitrogen and oxygen atoms in total. The van der Waals surface area contributed by atoms with Gasteiger partial charge < -0.3 is 4.98 Å². The van der Waals surface area contributed by atoms with Crippen LogP contribution >= 0.6 is 11.6 Å². The minimum Gasteiger partial charge on any atom is -0.351 e. The lowest BCUT2D eigenvalue weighted by molar-refractivity contribution is -0.107. The van der Waals surface area contributed by atoms with Crippen molar-refractivity contribution in [3.8, 4) is 0 Å². The van der Waals surface area contributed by atoms with Gasteiger partial charge in [-0.2, -0.15) is 0 Å². The molecule has 52 valence electrons. The smallest absolute Gasteiger partial charge is 0.245 e. The van der Waals surface area contributed by atoms with Gasteiger partial charge in [0.25, 0.3) is 0 Å². The Labute approximate surface area is 62.7 Å².